The monoisotopic (exact) mass is 393 g/mol. The van der Waals surface area contributed by atoms with Gasteiger partial charge in [-0.2, -0.15) is 11.8 Å². The smallest absolute Gasteiger partial charge is 0.245 e. The number of hydrogen-bond donors (Lipinski definition) is 1. The predicted octanol–water partition coefficient (Wildman–Crippen LogP) is 4.00. The van der Waals surface area contributed by atoms with Gasteiger partial charge in [0.05, 0.1) is 18.8 Å². The fraction of sp³-hybridized carbons (Fsp3) is 0.667. The van der Waals surface area contributed by atoms with Crippen molar-refractivity contribution in [1.82, 2.24) is 5.06 Å². The van der Waals surface area contributed by atoms with Crippen LogP contribution in [0.4, 0.5) is 0 Å². The molecule has 6 heteroatoms. The second kappa shape index (κ2) is 10.3. The predicted molar refractivity (Wildman–Crippen MR) is 107 cm³/mol. The summed E-state index contributed by atoms with van der Waals surface area (Å²) in [5.74, 6) is 4.03. The van der Waals surface area contributed by atoms with Gasteiger partial charge in [0.25, 0.3) is 0 Å². The lowest BCUT2D eigenvalue weighted by Crippen LogP contribution is -2.32. The number of nitrogens with zero attached hydrogens (tertiary/aromatic N) is 1. The number of fused-ring (bicyclic) bond motifs is 2. The highest BCUT2D eigenvalue weighted by Gasteiger charge is 2.48. The molecule has 2 saturated heterocycles. The number of rotatable bonds is 11. The summed E-state index contributed by atoms with van der Waals surface area (Å²) in [6, 6.07) is 10.0. The van der Waals surface area contributed by atoms with E-state index in [-0.39, 0.29) is 5.91 Å². The number of hydrogen-bond acceptors (Lipinski definition) is 5. The molecule has 150 valence electrons. The van der Waals surface area contributed by atoms with Gasteiger partial charge in [0.15, 0.2) is 0 Å². The molecule has 0 unspecified atom stereocenters. The van der Waals surface area contributed by atoms with Crippen molar-refractivity contribution in [2.45, 2.75) is 50.7 Å². The first-order chi connectivity index (χ1) is 13.1. The molecule has 0 aromatic heterocycles. The van der Waals surface area contributed by atoms with E-state index in [2.05, 4.69) is 0 Å². The van der Waals surface area contributed by atoms with E-state index in [1.807, 2.05) is 42.1 Å². The first kappa shape index (κ1) is 20.5. The quantitative estimate of drug-likeness (QED) is 0.350. The summed E-state index contributed by atoms with van der Waals surface area (Å²) in [5, 5.41) is 9.71. The van der Waals surface area contributed by atoms with Gasteiger partial charge in [-0.15, -0.1) is 0 Å². The van der Waals surface area contributed by atoms with Gasteiger partial charge in [0.1, 0.15) is 5.75 Å². The molecule has 5 nitrogen and oxygen atoms in total. The van der Waals surface area contributed by atoms with E-state index < -0.39 is 0 Å². The van der Waals surface area contributed by atoms with E-state index in [9.17, 15) is 4.79 Å². The molecular formula is C21H31NO4S. The SMILES string of the molecule is CN(O)C(=O)CCCCSCC[C@@H]1[C@H](COc2ccccc2)[C@@H]2CC[C@H]1O2. The number of benzene rings is 1. The number of para-hydroxylation sites is 1. The second-order valence-electron chi connectivity index (χ2n) is 7.52. The highest BCUT2D eigenvalue weighted by molar-refractivity contribution is 7.99. The molecule has 2 heterocycles. The van der Waals surface area contributed by atoms with E-state index in [1.165, 1.54) is 26.3 Å². The lowest BCUT2D eigenvalue weighted by molar-refractivity contribution is -0.159. The molecule has 2 fully saturated rings. The molecule has 2 bridgehead atoms. The third-order valence-corrected chi connectivity index (χ3v) is 6.76. The first-order valence-electron chi connectivity index (χ1n) is 10.0. The molecule has 0 aliphatic carbocycles. The zero-order chi connectivity index (χ0) is 19.1. The highest BCUT2D eigenvalue weighted by atomic mass is 32.2. The zero-order valence-electron chi connectivity index (χ0n) is 16.1. The Labute approximate surface area is 166 Å². The Hall–Kier alpha value is -1.24. The summed E-state index contributed by atoms with van der Waals surface area (Å²) in [7, 11) is 1.38. The first-order valence-corrected chi connectivity index (χ1v) is 11.2. The van der Waals surface area contributed by atoms with E-state index in [0.29, 0.717) is 35.5 Å². The number of carbonyl (C=O) groups is 1. The minimum atomic E-state index is -0.208. The number of carbonyl (C=O) groups excluding carboxylic acids is 1. The third-order valence-electron chi connectivity index (χ3n) is 5.66. The second-order valence-corrected chi connectivity index (χ2v) is 8.74. The molecule has 0 spiro atoms. The molecular weight excluding hydrogens is 362 g/mol. The largest absolute Gasteiger partial charge is 0.493 e. The van der Waals surface area contributed by atoms with E-state index in [1.54, 1.807) is 0 Å². The van der Waals surface area contributed by atoms with Gasteiger partial charge >= 0.3 is 0 Å². The Balaban J connectivity index is 1.34. The van der Waals surface area contributed by atoms with Crippen molar-refractivity contribution in [2.24, 2.45) is 11.8 Å². The molecule has 1 aromatic rings. The standard InChI is InChI=1S/C21H31NO4S/c1-22(24)21(23)9-5-6-13-27-14-12-17-18(20-11-10-19(17)26-20)15-25-16-7-3-2-4-8-16/h2-4,7-8,17-20,24H,5-6,9-15H2,1H3/t17-,18+,19-,20+/m1/s1. The Morgan fingerprint density at radius 2 is 1.93 bits per heavy atom. The minimum absolute atomic E-state index is 0.208. The van der Waals surface area contributed by atoms with Gasteiger partial charge in [0.2, 0.25) is 5.91 Å². The van der Waals surface area contributed by atoms with Crippen LogP contribution in [-0.4, -0.2) is 53.5 Å². The Morgan fingerprint density at radius 3 is 2.67 bits per heavy atom. The van der Waals surface area contributed by atoms with Crippen molar-refractivity contribution >= 4 is 17.7 Å². The van der Waals surface area contributed by atoms with Gasteiger partial charge in [-0.1, -0.05) is 18.2 Å². The van der Waals surface area contributed by atoms with Crippen molar-refractivity contribution in [3.63, 3.8) is 0 Å². The third kappa shape index (κ3) is 5.87. The van der Waals surface area contributed by atoms with Crippen LogP contribution in [0, 0.1) is 11.8 Å². The van der Waals surface area contributed by atoms with Crippen LogP contribution in [0.25, 0.3) is 0 Å². The van der Waals surface area contributed by atoms with Crippen LogP contribution >= 0.6 is 11.8 Å². The van der Waals surface area contributed by atoms with Crippen LogP contribution in [0.2, 0.25) is 0 Å². The van der Waals surface area contributed by atoms with Crippen LogP contribution in [-0.2, 0) is 9.53 Å². The van der Waals surface area contributed by atoms with Crippen LogP contribution in [0.3, 0.4) is 0 Å². The van der Waals surface area contributed by atoms with E-state index in [0.717, 1.165) is 36.7 Å². The summed E-state index contributed by atoms with van der Waals surface area (Å²) in [6.07, 6.45) is 6.59. The number of unbranched alkanes of at least 4 members (excludes halogenated alkanes) is 1. The van der Waals surface area contributed by atoms with Crippen LogP contribution in [0.5, 0.6) is 5.75 Å². The Morgan fingerprint density at radius 1 is 1.19 bits per heavy atom. The Kier molecular flexibility index (Phi) is 7.85. The summed E-state index contributed by atoms with van der Waals surface area (Å²) in [6.45, 7) is 0.747. The average Bonchev–Trinajstić information content (AvgIpc) is 3.28. The zero-order valence-corrected chi connectivity index (χ0v) is 16.9. The summed E-state index contributed by atoms with van der Waals surface area (Å²) in [4.78, 5) is 11.3. The Bertz CT molecular complexity index is 583. The molecule has 0 saturated carbocycles. The van der Waals surface area contributed by atoms with E-state index in [4.69, 9.17) is 14.7 Å². The molecule has 2 aliphatic rings. The minimum Gasteiger partial charge on any atom is -0.493 e. The van der Waals surface area contributed by atoms with Crippen LogP contribution in [0.1, 0.15) is 38.5 Å². The molecule has 3 rings (SSSR count). The molecule has 0 radical (unpaired) electrons. The van der Waals surface area contributed by atoms with Crippen LogP contribution < -0.4 is 4.74 Å². The fourth-order valence-electron chi connectivity index (χ4n) is 4.17. The van der Waals surface area contributed by atoms with E-state index >= 15 is 0 Å². The summed E-state index contributed by atoms with van der Waals surface area (Å²) in [5.41, 5.74) is 0. The lowest BCUT2D eigenvalue weighted by atomic mass is 9.78. The topological polar surface area (TPSA) is 59.0 Å². The van der Waals surface area contributed by atoms with Gasteiger partial charge in [0, 0.05) is 19.4 Å². The lowest BCUT2D eigenvalue weighted by Gasteiger charge is -2.28. The van der Waals surface area contributed by atoms with Crippen molar-refractivity contribution in [3.05, 3.63) is 30.3 Å². The van der Waals surface area contributed by atoms with Gasteiger partial charge in [-0.05, 0) is 61.7 Å². The molecule has 1 amide bonds. The van der Waals surface area contributed by atoms with Crippen LogP contribution in [0.15, 0.2) is 30.3 Å². The summed E-state index contributed by atoms with van der Waals surface area (Å²) >= 11 is 1.96. The number of amides is 1. The molecule has 4 atom stereocenters. The molecule has 27 heavy (non-hydrogen) atoms. The van der Waals surface area contributed by atoms with Crippen molar-refractivity contribution in [2.75, 3.05) is 25.2 Å². The maximum Gasteiger partial charge on any atom is 0.245 e. The van der Waals surface area contributed by atoms with Crippen molar-refractivity contribution < 1.29 is 19.5 Å². The van der Waals surface area contributed by atoms with Crippen molar-refractivity contribution in [1.29, 1.82) is 0 Å². The number of thioether (sulfide) groups is 1. The number of ether oxygens (including phenoxy) is 2. The fourth-order valence-corrected chi connectivity index (χ4v) is 5.23. The maximum absolute atomic E-state index is 11.3. The van der Waals surface area contributed by atoms with Crippen molar-refractivity contribution in [3.8, 4) is 5.75 Å². The van der Waals surface area contributed by atoms with Gasteiger partial charge < -0.3 is 9.47 Å². The maximum atomic E-state index is 11.3. The molecule has 1 N–H and O–H groups in total. The van der Waals surface area contributed by atoms with Gasteiger partial charge in [-0.3, -0.25) is 10.0 Å². The number of hydroxylamine groups is 2. The summed E-state index contributed by atoms with van der Waals surface area (Å²) < 4.78 is 12.2. The molecule has 1 aromatic carbocycles. The average molecular weight is 394 g/mol. The van der Waals surface area contributed by atoms with Gasteiger partial charge in [-0.25, -0.2) is 5.06 Å². The normalized spacial score (nSPS) is 26.3. The highest BCUT2D eigenvalue weighted by Crippen LogP contribution is 2.45. The molecule has 2 aliphatic heterocycles.